The molecule has 2 atom stereocenters. The number of rotatable bonds is 2. The highest BCUT2D eigenvalue weighted by molar-refractivity contribution is 7.98. The van der Waals surface area contributed by atoms with Gasteiger partial charge in [0.05, 0.1) is 16.3 Å². The molecular weight excluding hydrogens is 208 g/mol. The number of nitrogens with zero attached hydrogens (tertiary/aromatic N) is 1. The molecule has 1 N–H and O–H groups in total. The normalized spacial score (nSPS) is 24.6. The van der Waals surface area contributed by atoms with Crippen molar-refractivity contribution in [2.45, 2.75) is 13.1 Å². The van der Waals surface area contributed by atoms with Gasteiger partial charge in [0.25, 0.3) is 0 Å². The van der Waals surface area contributed by atoms with Crippen LogP contribution >= 0.6 is 11.8 Å². The second-order valence-corrected chi connectivity index (χ2v) is 4.52. The number of thioether (sulfide) groups is 1. The summed E-state index contributed by atoms with van der Waals surface area (Å²) in [4.78, 5) is 4.48. The number of fused-ring (bicyclic) bond motifs is 1. The topological polar surface area (TPSA) is 39.9 Å². The summed E-state index contributed by atoms with van der Waals surface area (Å²) in [5, 5.41) is 14.0. The first kappa shape index (κ1) is 10.7. The predicted molar refractivity (Wildman–Crippen MR) is 62.8 cm³/mol. The van der Waals surface area contributed by atoms with Gasteiger partial charge in [-0.3, -0.25) is 0 Å². The van der Waals surface area contributed by atoms with Crippen LogP contribution in [-0.4, -0.2) is 18.2 Å². The molecule has 1 aliphatic rings. The van der Waals surface area contributed by atoms with Crippen molar-refractivity contribution in [3.05, 3.63) is 40.0 Å². The molecule has 0 saturated heterocycles. The van der Waals surface area contributed by atoms with Crippen LogP contribution in [0.2, 0.25) is 0 Å². The van der Waals surface area contributed by atoms with Gasteiger partial charge in [-0.05, 0) is 18.4 Å². The maximum Gasteiger partial charge on any atom is 0.194 e. The average molecular weight is 222 g/mol. The van der Waals surface area contributed by atoms with Crippen LogP contribution in [-0.2, 0) is 0 Å². The highest BCUT2D eigenvalue weighted by Crippen LogP contribution is 1.97. The lowest BCUT2D eigenvalue weighted by Crippen LogP contribution is -3.10. The monoisotopic (exact) mass is 222 g/mol. The van der Waals surface area contributed by atoms with Gasteiger partial charge < -0.3 is 10.3 Å². The lowest BCUT2D eigenvalue weighted by atomic mass is 10.2. The Hall–Kier alpha value is -0.840. The van der Waals surface area contributed by atoms with Crippen molar-refractivity contribution in [2.24, 2.45) is 4.99 Å². The summed E-state index contributed by atoms with van der Waals surface area (Å²) < 4.78 is 0. The molecule has 0 fully saturated rings. The summed E-state index contributed by atoms with van der Waals surface area (Å²) in [5.74, 6) is 0.768. The van der Waals surface area contributed by atoms with Gasteiger partial charge in [0.15, 0.2) is 6.17 Å². The van der Waals surface area contributed by atoms with E-state index in [1.54, 1.807) is 11.8 Å². The van der Waals surface area contributed by atoms with Crippen molar-refractivity contribution >= 4 is 17.5 Å². The third kappa shape index (κ3) is 1.93. The van der Waals surface area contributed by atoms with Crippen molar-refractivity contribution < 1.29 is 5.06 Å². The standard InChI is InChI=1S/C11H14N2OS/c1-8-9-5-3-4-6-10(9)12-11(7-15-2)13(8)14/h3-6,11,13H,7H2,1-2H3. The number of hydrogen-bond donors (Lipinski definition) is 1. The Morgan fingerprint density at radius 2 is 2.20 bits per heavy atom. The minimum Gasteiger partial charge on any atom is -0.627 e. The lowest BCUT2D eigenvalue weighted by Gasteiger charge is -2.30. The van der Waals surface area contributed by atoms with Gasteiger partial charge in [-0.1, -0.05) is 12.1 Å². The van der Waals surface area contributed by atoms with E-state index in [0.29, 0.717) is 0 Å². The van der Waals surface area contributed by atoms with Crippen molar-refractivity contribution in [2.75, 3.05) is 12.0 Å². The highest BCUT2D eigenvalue weighted by atomic mass is 32.2. The largest absolute Gasteiger partial charge is 0.627 e. The van der Waals surface area contributed by atoms with Crippen LogP contribution < -0.4 is 15.6 Å². The van der Waals surface area contributed by atoms with E-state index in [9.17, 15) is 5.21 Å². The zero-order valence-corrected chi connectivity index (χ0v) is 9.67. The average Bonchev–Trinajstić information content (AvgIpc) is 2.26. The van der Waals surface area contributed by atoms with Crippen LogP contribution in [0.15, 0.2) is 29.3 Å². The molecule has 1 aromatic rings. The van der Waals surface area contributed by atoms with Crippen LogP contribution in [0.5, 0.6) is 0 Å². The molecule has 3 nitrogen and oxygen atoms in total. The number of nitrogens with one attached hydrogen (secondary N) is 1. The summed E-state index contributed by atoms with van der Waals surface area (Å²) in [7, 11) is 0. The van der Waals surface area contributed by atoms with Gasteiger partial charge in [-0.15, -0.1) is 0 Å². The quantitative estimate of drug-likeness (QED) is 0.687. The molecule has 2 rings (SSSR count). The molecule has 4 heteroatoms. The summed E-state index contributed by atoms with van der Waals surface area (Å²) in [6.45, 7) is 1.89. The number of benzene rings is 1. The van der Waals surface area contributed by atoms with Gasteiger partial charge in [-0.2, -0.15) is 11.8 Å². The van der Waals surface area contributed by atoms with Crippen LogP contribution in [0.1, 0.15) is 6.92 Å². The fraction of sp³-hybridized carbons (Fsp3) is 0.364. The minimum absolute atomic E-state index is 0.169. The van der Waals surface area contributed by atoms with Crippen molar-refractivity contribution in [3.8, 4) is 0 Å². The van der Waals surface area contributed by atoms with Gasteiger partial charge in [0.2, 0.25) is 0 Å². The zero-order chi connectivity index (χ0) is 10.8. The summed E-state index contributed by atoms with van der Waals surface area (Å²) in [6, 6.07) is 7.83. The zero-order valence-electron chi connectivity index (χ0n) is 8.86. The van der Waals surface area contributed by atoms with E-state index in [0.717, 1.165) is 22.0 Å². The molecule has 0 saturated carbocycles. The third-order valence-corrected chi connectivity index (χ3v) is 3.25. The first-order valence-corrected chi connectivity index (χ1v) is 6.30. The van der Waals surface area contributed by atoms with Gasteiger partial charge in [-0.25, -0.2) is 4.99 Å². The van der Waals surface area contributed by atoms with E-state index in [-0.39, 0.29) is 11.2 Å². The first-order valence-electron chi connectivity index (χ1n) is 4.91. The van der Waals surface area contributed by atoms with E-state index in [4.69, 9.17) is 0 Å². The molecular formula is C11H14N2OS. The molecule has 1 aliphatic heterocycles. The fourth-order valence-electron chi connectivity index (χ4n) is 1.78. The smallest absolute Gasteiger partial charge is 0.194 e. The van der Waals surface area contributed by atoms with Crippen molar-refractivity contribution in [3.63, 3.8) is 0 Å². The van der Waals surface area contributed by atoms with Crippen molar-refractivity contribution in [1.82, 2.24) is 0 Å². The van der Waals surface area contributed by atoms with E-state index in [1.165, 1.54) is 0 Å². The highest BCUT2D eigenvalue weighted by Gasteiger charge is 2.19. The summed E-state index contributed by atoms with van der Waals surface area (Å²) in [6.07, 6.45) is 1.81. The first-order chi connectivity index (χ1) is 7.24. The second kappa shape index (κ2) is 4.35. The Kier molecular flexibility index (Phi) is 3.09. The molecule has 2 unspecified atom stereocenters. The van der Waals surface area contributed by atoms with E-state index < -0.39 is 0 Å². The van der Waals surface area contributed by atoms with Gasteiger partial charge >= 0.3 is 0 Å². The number of para-hydroxylation sites is 1. The molecule has 80 valence electrons. The van der Waals surface area contributed by atoms with E-state index in [1.807, 2.05) is 37.4 Å². The molecule has 0 amide bonds. The second-order valence-electron chi connectivity index (χ2n) is 3.61. The summed E-state index contributed by atoms with van der Waals surface area (Å²) >= 11 is 1.66. The Balaban J connectivity index is 2.56. The van der Waals surface area contributed by atoms with Crippen LogP contribution in [0.3, 0.4) is 0 Å². The summed E-state index contributed by atoms with van der Waals surface area (Å²) in [5.41, 5.74) is 0.847. The molecule has 1 heterocycles. The molecule has 15 heavy (non-hydrogen) atoms. The Bertz CT molecular complexity index is 472. The molecule has 0 aromatic heterocycles. The maximum absolute atomic E-state index is 11.9. The Morgan fingerprint density at radius 3 is 2.93 bits per heavy atom. The molecule has 0 spiro atoms. The number of hydrogen-bond acceptors (Lipinski definition) is 3. The SMILES string of the molecule is CSCC1N=c2ccccc2=C(C)[NH+]1[O-]. The maximum atomic E-state index is 11.9. The van der Waals surface area contributed by atoms with Crippen LogP contribution in [0, 0.1) is 5.21 Å². The van der Waals surface area contributed by atoms with Crippen molar-refractivity contribution in [1.29, 1.82) is 0 Å². The van der Waals surface area contributed by atoms with Crippen LogP contribution in [0.4, 0.5) is 0 Å². The van der Waals surface area contributed by atoms with E-state index >= 15 is 0 Å². The molecule has 0 bridgehead atoms. The number of quaternary nitrogens is 1. The Labute approximate surface area is 93.1 Å². The van der Waals surface area contributed by atoms with Crippen LogP contribution in [0.25, 0.3) is 5.70 Å². The minimum atomic E-state index is -0.185. The van der Waals surface area contributed by atoms with Gasteiger partial charge in [0.1, 0.15) is 5.70 Å². The van der Waals surface area contributed by atoms with E-state index in [2.05, 4.69) is 4.99 Å². The molecule has 0 aliphatic carbocycles. The lowest BCUT2D eigenvalue weighted by molar-refractivity contribution is -0.798. The Morgan fingerprint density at radius 1 is 1.47 bits per heavy atom. The third-order valence-electron chi connectivity index (χ3n) is 2.60. The predicted octanol–water partition coefficient (Wildman–Crippen LogP) is -0.480. The van der Waals surface area contributed by atoms with Gasteiger partial charge in [0, 0.05) is 6.92 Å². The number of hydroxylamine groups is 2. The molecule has 0 radical (unpaired) electrons. The molecule has 1 aromatic carbocycles. The fourth-order valence-corrected chi connectivity index (χ4v) is 2.32.